The van der Waals surface area contributed by atoms with Gasteiger partial charge in [0.05, 0.1) is 24.6 Å². The number of nitrogens with zero attached hydrogens (tertiary/aromatic N) is 2. The number of fused-ring (bicyclic) bond motifs is 1. The first-order valence-corrected chi connectivity index (χ1v) is 11.0. The predicted octanol–water partition coefficient (Wildman–Crippen LogP) is 2.73. The van der Waals surface area contributed by atoms with E-state index >= 15 is 0 Å². The van der Waals surface area contributed by atoms with Crippen LogP contribution in [0.25, 0.3) is 10.9 Å². The van der Waals surface area contributed by atoms with Crippen molar-refractivity contribution in [2.75, 3.05) is 7.11 Å². The van der Waals surface area contributed by atoms with Gasteiger partial charge in [0.25, 0.3) is 5.56 Å². The van der Waals surface area contributed by atoms with E-state index < -0.39 is 5.69 Å². The van der Waals surface area contributed by atoms with Gasteiger partial charge in [0.2, 0.25) is 5.91 Å². The Morgan fingerprint density at radius 2 is 1.85 bits per heavy atom. The van der Waals surface area contributed by atoms with Crippen LogP contribution in [-0.2, 0) is 17.9 Å². The van der Waals surface area contributed by atoms with E-state index in [0.717, 1.165) is 6.29 Å². The average Bonchev–Trinajstić information content (AvgIpc) is 2.80. The highest BCUT2D eigenvalue weighted by Crippen LogP contribution is 2.21. The molecular weight excluding hydrogens is 422 g/mol. The molecule has 0 aliphatic carbocycles. The molecule has 1 aromatic heterocycles. The van der Waals surface area contributed by atoms with Gasteiger partial charge in [-0.15, -0.1) is 0 Å². The standard InChI is InChI=1S/C25H29N3O5/c1-17(2)26-23(30)10-6-7-13-27-24(31)20-8-4-5-9-21(20)28(25(27)32)15-19-14-18(16-29)11-12-22(19)33-3/h4-5,8-9,11-12,14,16-17H,6-7,10,13,15H2,1-3H3,(H,26,30). The van der Waals surface area contributed by atoms with Crippen molar-refractivity contribution >= 4 is 23.1 Å². The highest BCUT2D eigenvalue weighted by atomic mass is 16.5. The van der Waals surface area contributed by atoms with Gasteiger partial charge in [0, 0.05) is 30.1 Å². The quantitative estimate of drug-likeness (QED) is 0.377. The Balaban J connectivity index is 1.96. The highest BCUT2D eigenvalue weighted by Gasteiger charge is 2.15. The van der Waals surface area contributed by atoms with Crippen LogP contribution in [0.2, 0.25) is 0 Å². The lowest BCUT2D eigenvalue weighted by molar-refractivity contribution is -0.121. The largest absolute Gasteiger partial charge is 0.496 e. The summed E-state index contributed by atoms with van der Waals surface area (Å²) in [5, 5.41) is 3.27. The first kappa shape index (κ1) is 24.0. The van der Waals surface area contributed by atoms with Crippen LogP contribution in [0.5, 0.6) is 5.75 Å². The number of carbonyl (C=O) groups is 2. The molecular formula is C25H29N3O5. The van der Waals surface area contributed by atoms with Crippen LogP contribution in [-0.4, -0.2) is 34.5 Å². The molecule has 0 saturated carbocycles. The molecule has 0 aliphatic heterocycles. The van der Waals surface area contributed by atoms with E-state index in [0.29, 0.717) is 47.0 Å². The lowest BCUT2D eigenvalue weighted by Gasteiger charge is -2.16. The van der Waals surface area contributed by atoms with Gasteiger partial charge in [-0.05, 0) is 57.0 Å². The van der Waals surface area contributed by atoms with Crippen molar-refractivity contribution in [3.63, 3.8) is 0 Å². The van der Waals surface area contributed by atoms with E-state index in [2.05, 4.69) is 5.32 Å². The van der Waals surface area contributed by atoms with Gasteiger partial charge in [-0.1, -0.05) is 12.1 Å². The van der Waals surface area contributed by atoms with Crippen molar-refractivity contribution in [3.8, 4) is 5.75 Å². The summed E-state index contributed by atoms with van der Waals surface area (Å²) in [6.07, 6.45) is 2.15. The molecule has 174 valence electrons. The molecule has 1 heterocycles. The zero-order valence-corrected chi connectivity index (χ0v) is 19.2. The molecule has 0 aliphatic rings. The van der Waals surface area contributed by atoms with Gasteiger partial charge < -0.3 is 10.1 Å². The lowest BCUT2D eigenvalue weighted by atomic mass is 10.1. The Hall–Kier alpha value is -3.68. The molecule has 1 amide bonds. The number of hydrogen-bond acceptors (Lipinski definition) is 5. The van der Waals surface area contributed by atoms with E-state index in [4.69, 9.17) is 4.74 Å². The number of aromatic nitrogens is 2. The lowest BCUT2D eigenvalue weighted by Crippen LogP contribution is -2.40. The fourth-order valence-electron chi connectivity index (χ4n) is 3.84. The molecule has 8 heteroatoms. The number of nitrogens with one attached hydrogen (secondary N) is 1. The molecule has 3 aromatic rings. The number of hydrogen-bond donors (Lipinski definition) is 1. The molecule has 0 radical (unpaired) electrons. The molecule has 0 spiro atoms. The van der Waals surface area contributed by atoms with Gasteiger partial charge in [-0.25, -0.2) is 4.79 Å². The fraction of sp³-hybridized carbons (Fsp3) is 0.360. The van der Waals surface area contributed by atoms with Crippen LogP contribution < -0.4 is 21.3 Å². The summed E-state index contributed by atoms with van der Waals surface area (Å²) < 4.78 is 8.16. The van der Waals surface area contributed by atoms with Crippen LogP contribution >= 0.6 is 0 Å². The summed E-state index contributed by atoms with van der Waals surface area (Å²) in [6, 6.07) is 12.0. The minimum atomic E-state index is -0.441. The second-order valence-corrected chi connectivity index (χ2v) is 8.21. The maximum absolute atomic E-state index is 13.4. The molecule has 2 aromatic carbocycles. The number of rotatable bonds is 10. The Bertz CT molecular complexity index is 1270. The molecule has 3 rings (SSSR count). The van der Waals surface area contributed by atoms with Crippen LogP contribution in [0.4, 0.5) is 0 Å². The summed E-state index contributed by atoms with van der Waals surface area (Å²) in [5.74, 6) is 0.501. The number of ether oxygens (including phenoxy) is 1. The van der Waals surface area contributed by atoms with Crippen molar-refractivity contribution in [3.05, 3.63) is 74.4 Å². The van der Waals surface area contributed by atoms with E-state index in [1.807, 2.05) is 13.8 Å². The third-order valence-corrected chi connectivity index (χ3v) is 5.39. The number of aldehydes is 1. The Kier molecular flexibility index (Phi) is 7.82. The number of carbonyl (C=O) groups excluding carboxylic acids is 2. The minimum Gasteiger partial charge on any atom is -0.496 e. The number of amides is 1. The third-order valence-electron chi connectivity index (χ3n) is 5.39. The topological polar surface area (TPSA) is 99.4 Å². The van der Waals surface area contributed by atoms with Crippen molar-refractivity contribution in [1.82, 2.24) is 14.5 Å². The zero-order chi connectivity index (χ0) is 24.0. The summed E-state index contributed by atoms with van der Waals surface area (Å²) >= 11 is 0. The SMILES string of the molecule is COc1ccc(C=O)cc1Cn1c(=O)n(CCCCC(=O)NC(C)C)c(=O)c2ccccc21. The average molecular weight is 452 g/mol. The molecule has 0 saturated heterocycles. The number of benzene rings is 2. The number of para-hydroxylation sites is 1. The van der Waals surface area contributed by atoms with Gasteiger partial charge in [-0.3, -0.25) is 23.5 Å². The van der Waals surface area contributed by atoms with Crippen LogP contribution in [0.15, 0.2) is 52.1 Å². The fourth-order valence-corrected chi connectivity index (χ4v) is 3.84. The smallest absolute Gasteiger partial charge is 0.331 e. The maximum atomic E-state index is 13.4. The van der Waals surface area contributed by atoms with Crippen molar-refractivity contribution in [2.24, 2.45) is 0 Å². The van der Waals surface area contributed by atoms with E-state index in [1.54, 1.807) is 42.5 Å². The molecule has 0 atom stereocenters. The molecule has 1 N–H and O–H groups in total. The van der Waals surface area contributed by atoms with Crippen molar-refractivity contribution in [1.29, 1.82) is 0 Å². The Labute approximate surface area is 191 Å². The van der Waals surface area contributed by atoms with Crippen LogP contribution in [0.3, 0.4) is 0 Å². The molecule has 0 fully saturated rings. The third kappa shape index (κ3) is 5.58. The Morgan fingerprint density at radius 3 is 2.55 bits per heavy atom. The summed E-state index contributed by atoms with van der Waals surface area (Å²) in [4.78, 5) is 49.5. The highest BCUT2D eigenvalue weighted by molar-refractivity contribution is 5.78. The van der Waals surface area contributed by atoms with Crippen molar-refractivity contribution in [2.45, 2.75) is 52.2 Å². The molecule has 0 bridgehead atoms. The Morgan fingerprint density at radius 1 is 1.09 bits per heavy atom. The van der Waals surface area contributed by atoms with E-state index in [1.165, 1.54) is 16.2 Å². The second kappa shape index (κ2) is 10.8. The first-order chi connectivity index (χ1) is 15.8. The zero-order valence-electron chi connectivity index (χ0n) is 19.2. The van der Waals surface area contributed by atoms with E-state index in [-0.39, 0.29) is 30.6 Å². The summed E-state index contributed by atoms with van der Waals surface area (Å²) in [6.45, 7) is 4.15. The second-order valence-electron chi connectivity index (χ2n) is 8.21. The van der Waals surface area contributed by atoms with Gasteiger partial charge in [0.15, 0.2) is 0 Å². The minimum absolute atomic E-state index is 0.0459. The summed E-state index contributed by atoms with van der Waals surface area (Å²) in [7, 11) is 1.52. The predicted molar refractivity (Wildman–Crippen MR) is 127 cm³/mol. The molecule has 33 heavy (non-hydrogen) atoms. The van der Waals surface area contributed by atoms with Crippen molar-refractivity contribution < 1.29 is 14.3 Å². The normalized spacial score (nSPS) is 11.0. The van der Waals surface area contributed by atoms with Gasteiger partial charge >= 0.3 is 5.69 Å². The van der Waals surface area contributed by atoms with Gasteiger partial charge in [0.1, 0.15) is 12.0 Å². The molecule has 8 nitrogen and oxygen atoms in total. The van der Waals surface area contributed by atoms with Gasteiger partial charge in [-0.2, -0.15) is 0 Å². The first-order valence-electron chi connectivity index (χ1n) is 11.0. The summed E-state index contributed by atoms with van der Waals surface area (Å²) in [5.41, 5.74) is 0.843. The van der Waals surface area contributed by atoms with Crippen LogP contribution in [0.1, 0.15) is 49.0 Å². The molecule has 0 unspecified atom stereocenters. The van der Waals surface area contributed by atoms with E-state index in [9.17, 15) is 19.2 Å². The van der Waals surface area contributed by atoms with Crippen LogP contribution in [0, 0.1) is 0 Å². The number of unbranched alkanes of at least 4 members (excludes halogenated alkanes) is 1. The number of methoxy groups -OCH3 is 1. The monoisotopic (exact) mass is 451 g/mol. The maximum Gasteiger partial charge on any atom is 0.331 e.